The van der Waals surface area contributed by atoms with Crippen molar-refractivity contribution in [3.05, 3.63) is 58.6 Å². The van der Waals surface area contributed by atoms with Crippen LogP contribution >= 0.6 is 11.6 Å². The van der Waals surface area contributed by atoms with Gasteiger partial charge in [-0.2, -0.15) is 0 Å². The number of halogens is 1. The number of aliphatic hydroxyl groups excluding tert-OH is 1. The van der Waals surface area contributed by atoms with Gasteiger partial charge in [0.1, 0.15) is 30.2 Å². The maximum atomic E-state index is 10.4. The molecule has 0 amide bonds. The average Bonchev–Trinajstić information content (AvgIpc) is 3.18. The van der Waals surface area contributed by atoms with Crippen molar-refractivity contribution in [2.75, 3.05) is 13.2 Å². The summed E-state index contributed by atoms with van der Waals surface area (Å²) in [5, 5.41) is 11.1. The van der Waals surface area contributed by atoms with E-state index in [1.54, 1.807) is 0 Å². The van der Waals surface area contributed by atoms with Crippen LogP contribution in [0.4, 0.5) is 0 Å². The molecule has 29 heavy (non-hydrogen) atoms. The van der Waals surface area contributed by atoms with Gasteiger partial charge in [0.15, 0.2) is 6.29 Å². The number of fused-ring (bicyclic) bond motifs is 6. The van der Waals surface area contributed by atoms with Crippen molar-refractivity contribution in [2.45, 2.75) is 44.1 Å². The minimum absolute atomic E-state index is 0.270. The minimum atomic E-state index is -0.756. The molecule has 3 fully saturated rings. The van der Waals surface area contributed by atoms with Gasteiger partial charge in [-0.3, -0.25) is 0 Å². The predicted octanol–water partition coefficient (Wildman–Crippen LogP) is 1.92. The van der Waals surface area contributed by atoms with E-state index in [0.29, 0.717) is 24.7 Å². The van der Waals surface area contributed by atoms with Crippen molar-refractivity contribution in [3.8, 4) is 5.75 Å². The molecule has 2 aromatic carbocycles. The average molecular weight is 417 g/mol. The third-order valence-corrected chi connectivity index (χ3v) is 5.94. The van der Waals surface area contributed by atoms with Crippen LogP contribution < -0.4 is 10.2 Å². The highest BCUT2D eigenvalue weighted by Gasteiger charge is 2.57. The second kappa shape index (κ2) is 7.91. The van der Waals surface area contributed by atoms with Crippen LogP contribution in [0, 0.1) is 0 Å². The summed E-state index contributed by atoms with van der Waals surface area (Å²) < 4.78 is 28.8. The molecule has 4 bridgehead atoms. The van der Waals surface area contributed by atoms with Crippen LogP contribution in [0.5, 0.6) is 5.75 Å². The Morgan fingerprint density at radius 3 is 2.72 bits per heavy atom. The first-order chi connectivity index (χ1) is 14.1. The molecule has 5 atom stereocenters. The van der Waals surface area contributed by atoms with Crippen molar-refractivity contribution < 1.29 is 28.6 Å². The van der Waals surface area contributed by atoms with Crippen LogP contribution in [0.1, 0.15) is 18.1 Å². The molecule has 0 saturated carbocycles. The molecule has 2 unspecified atom stereocenters. The molecular formula is C21H22BClO6. The Balaban J connectivity index is 1.36. The van der Waals surface area contributed by atoms with Crippen LogP contribution in [-0.2, 0) is 25.2 Å². The lowest BCUT2D eigenvalue weighted by molar-refractivity contribution is -0.243. The van der Waals surface area contributed by atoms with Crippen LogP contribution in [0.3, 0.4) is 0 Å². The lowest BCUT2D eigenvalue weighted by atomic mass is 9.74. The van der Waals surface area contributed by atoms with Gasteiger partial charge in [0, 0.05) is 5.02 Å². The van der Waals surface area contributed by atoms with Gasteiger partial charge in [0.05, 0.1) is 13.2 Å². The Morgan fingerprint density at radius 2 is 1.93 bits per heavy atom. The highest BCUT2D eigenvalue weighted by molar-refractivity contribution is 6.61. The van der Waals surface area contributed by atoms with Gasteiger partial charge in [-0.15, -0.1) is 0 Å². The first-order valence-electron chi connectivity index (χ1n) is 9.88. The van der Waals surface area contributed by atoms with Gasteiger partial charge in [0.25, 0.3) is 0 Å². The molecule has 152 valence electrons. The number of hydrogen-bond acceptors (Lipinski definition) is 6. The SMILES string of the molecule is CCOc1ccc(Cc2cc(B3OC4[C@@H]5OC[C@@H](O5)C(O3)[C@@H]4O)ccc2Cl)cc1. The Bertz CT molecular complexity index is 858. The van der Waals surface area contributed by atoms with E-state index in [-0.39, 0.29) is 6.10 Å². The topological polar surface area (TPSA) is 66.4 Å². The maximum absolute atomic E-state index is 10.4. The fraction of sp³-hybridized carbons (Fsp3) is 0.429. The monoisotopic (exact) mass is 416 g/mol. The first-order valence-corrected chi connectivity index (χ1v) is 10.3. The van der Waals surface area contributed by atoms with Gasteiger partial charge in [-0.25, -0.2) is 0 Å². The summed E-state index contributed by atoms with van der Waals surface area (Å²) in [6.45, 7) is 3.01. The Kier molecular flexibility index (Phi) is 5.28. The van der Waals surface area contributed by atoms with E-state index in [4.69, 9.17) is 35.1 Å². The Hall–Kier alpha value is -1.61. The van der Waals surface area contributed by atoms with E-state index in [0.717, 1.165) is 22.3 Å². The zero-order valence-electron chi connectivity index (χ0n) is 16.0. The molecular weight excluding hydrogens is 394 g/mol. The lowest BCUT2D eigenvalue weighted by Gasteiger charge is -2.44. The Morgan fingerprint density at radius 1 is 1.14 bits per heavy atom. The smallest absolute Gasteiger partial charge is 0.494 e. The fourth-order valence-electron chi connectivity index (χ4n) is 4.11. The molecule has 0 aliphatic carbocycles. The standard InChI is InChI=1S/C21H22BClO6/c1-2-25-15-6-3-12(4-7-15)9-13-10-14(5-8-16(13)23)22-28-19-17-11-26-21(27-17)20(29-22)18(19)24/h3-8,10,17-21,24H,2,9,11H2,1H3/t17-,18+,19?,20?,21-/m1/s1. The van der Waals surface area contributed by atoms with Crippen molar-refractivity contribution >= 4 is 24.2 Å². The maximum Gasteiger partial charge on any atom is 0.494 e. The molecule has 0 aromatic heterocycles. The third kappa shape index (κ3) is 3.67. The van der Waals surface area contributed by atoms with Crippen LogP contribution in [0.15, 0.2) is 42.5 Å². The largest absolute Gasteiger partial charge is 0.494 e. The normalized spacial score (nSPS) is 30.4. The molecule has 3 saturated heterocycles. The zero-order valence-corrected chi connectivity index (χ0v) is 16.7. The van der Waals surface area contributed by atoms with Crippen molar-refractivity contribution in [2.24, 2.45) is 0 Å². The van der Waals surface area contributed by atoms with Gasteiger partial charge in [-0.05, 0) is 48.1 Å². The quantitative estimate of drug-likeness (QED) is 0.751. The third-order valence-electron chi connectivity index (χ3n) is 5.57. The molecule has 6 nitrogen and oxygen atoms in total. The van der Waals surface area contributed by atoms with E-state index in [9.17, 15) is 5.11 Å². The van der Waals surface area contributed by atoms with Gasteiger partial charge < -0.3 is 28.6 Å². The molecule has 3 heterocycles. The lowest BCUT2D eigenvalue weighted by Crippen LogP contribution is -2.65. The van der Waals surface area contributed by atoms with Gasteiger partial charge in [0.2, 0.25) is 0 Å². The molecule has 1 N–H and O–H groups in total. The summed E-state index contributed by atoms with van der Waals surface area (Å²) in [4.78, 5) is 0. The number of benzene rings is 2. The van der Waals surface area contributed by atoms with Crippen LogP contribution in [-0.4, -0.2) is 56.1 Å². The summed E-state index contributed by atoms with van der Waals surface area (Å²) in [6, 6.07) is 13.7. The molecule has 2 aromatic rings. The second-order valence-corrected chi connectivity index (χ2v) is 7.91. The number of rotatable bonds is 5. The number of aliphatic hydroxyl groups is 1. The fourth-order valence-corrected chi connectivity index (χ4v) is 4.29. The molecule has 3 aliphatic rings. The van der Waals surface area contributed by atoms with Crippen molar-refractivity contribution in [1.82, 2.24) is 0 Å². The summed E-state index contributed by atoms with van der Waals surface area (Å²) in [5.41, 5.74) is 2.97. The van der Waals surface area contributed by atoms with Crippen LogP contribution in [0.25, 0.3) is 0 Å². The first kappa shape index (κ1) is 19.4. The highest BCUT2D eigenvalue weighted by atomic mass is 35.5. The second-order valence-electron chi connectivity index (χ2n) is 7.50. The number of ether oxygens (including phenoxy) is 3. The van der Waals surface area contributed by atoms with E-state index in [1.165, 1.54) is 0 Å². The van der Waals surface area contributed by atoms with E-state index in [2.05, 4.69) is 0 Å². The molecule has 0 spiro atoms. The zero-order chi connectivity index (χ0) is 20.0. The van der Waals surface area contributed by atoms with Crippen molar-refractivity contribution in [3.63, 3.8) is 0 Å². The summed E-state index contributed by atoms with van der Waals surface area (Å²) >= 11 is 6.46. The number of hydrogen-bond donors (Lipinski definition) is 1. The van der Waals surface area contributed by atoms with E-state index >= 15 is 0 Å². The van der Waals surface area contributed by atoms with Gasteiger partial charge in [-0.1, -0.05) is 35.9 Å². The highest BCUT2D eigenvalue weighted by Crippen LogP contribution is 2.35. The molecule has 0 radical (unpaired) electrons. The summed E-state index contributed by atoms with van der Waals surface area (Å²) in [5.74, 6) is 0.851. The molecule has 5 rings (SSSR count). The summed E-state index contributed by atoms with van der Waals surface area (Å²) in [7, 11) is -0.597. The predicted molar refractivity (Wildman–Crippen MR) is 108 cm³/mol. The van der Waals surface area contributed by atoms with Crippen molar-refractivity contribution in [1.29, 1.82) is 0 Å². The molecule has 8 heteroatoms. The van der Waals surface area contributed by atoms with E-state index < -0.39 is 31.7 Å². The van der Waals surface area contributed by atoms with Gasteiger partial charge >= 0.3 is 7.12 Å². The van der Waals surface area contributed by atoms with E-state index in [1.807, 2.05) is 49.4 Å². The Labute approximate surface area is 174 Å². The van der Waals surface area contributed by atoms with Crippen LogP contribution in [0.2, 0.25) is 5.02 Å². The summed E-state index contributed by atoms with van der Waals surface area (Å²) in [6.07, 6.45) is -1.93. The minimum Gasteiger partial charge on any atom is -0.494 e. The molecule has 3 aliphatic heterocycles.